The maximum atomic E-state index is 8.93. The van der Waals surface area contributed by atoms with Gasteiger partial charge in [0.25, 0.3) is 0 Å². The van der Waals surface area contributed by atoms with E-state index in [0.717, 1.165) is 35.1 Å². The van der Waals surface area contributed by atoms with Crippen LogP contribution in [0.15, 0.2) is 18.3 Å². The zero-order chi connectivity index (χ0) is 12.6. The second kappa shape index (κ2) is 3.16. The minimum Gasteiger partial charge on any atom is -0.286 e. The van der Waals surface area contributed by atoms with Crippen LogP contribution in [0.5, 0.6) is 0 Å². The minimum absolute atomic E-state index is 0.634. The van der Waals surface area contributed by atoms with Crippen molar-refractivity contribution in [3.63, 3.8) is 0 Å². The second-order valence-corrected chi connectivity index (χ2v) is 6.33. The van der Waals surface area contributed by atoms with E-state index in [-0.39, 0.29) is 0 Å². The number of fused-ring (bicyclic) bond motifs is 6. The molecule has 0 aromatic carbocycles. The van der Waals surface area contributed by atoms with E-state index in [2.05, 4.69) is 20.7 Å². The molecule has 0 amide bonds. The van der Waals surface area contributed by atoms with Gasteiger partial charge in [-0.2, -0.15) is 5.26 Å². The smallest absolute Gasteiger partial charge is 0.162 e. The summed E-state index contributed by atoms with van der Waals surface area (Å²) in [4.78, 5) is 0. The highest BCUT2D eigenvalue weighted by molar-refractivity contribution is 5.46. The third kappa shape index (κ3) is 1.14. The molecule has 4 heteroatoms. The summed E-state index contributed by atoms with van der Waals surface area (Å²) in [7, 11) is 0. The lowest BCUT2D eigenvalue weighted by molar-refractivity contribution is 0.456. The molecule has 2 aromatic rings. The lowest BCUT2D eigenvalue weighted by Gasteiger charge is -2.06. The number of pyridine rings is 1. The topological polar surface area (TPSA) is 54.0 Å². The van der Waals surface area contributed by atoms with Crippen molar-refractivity contribution in [2.75, 3.05) is 0 Å². The van der Waals surface area contributed by atoms with Crippen molar-refractivity contribution in [2.24, 2.45) is 23.7 Å². The van der Waals surface area contributed by atoms with Crippen LogP contribution < -0.4 is 0 Å². The van der Waals surface area contributed by atoms with E-state index in [9.17, 15) is 0 Å². The Morgan fingerprint density at radius 1 is 1.21 bits per heavy atom. The SMILES string of the molecule is N#Cc1ccn2c(C3C4C5CCC(C5)C34)nnc2c1. The van der Waals surface area contributed by atoms with Gasteiger partial charge in [0.15, 0.2) is 5.65 Å². The third-order valence-electron chi connectivity index (χ3n) is 5.60. The summed E-state index contributed by atoms with van der Waals surface area (Å²) in [6.45, 7) is 0. The lowest BCUT2D eigenvalue weighted by Crippen LogP contribution is -2.01. The molecule has 5 rings (SSSR count). The largest absolute Gasteiger partial charge is 0.286 e. The summed E-state index contributed by atoms with van der Waals surface area (Å²) in [6, 6.07) is 5.83. The molecular weight excluding hydrogens is 236 g/mol. The Morgan fingerprint density at radius 3 is 2.74 bits per heavy atom. The van der Waals surface area contributed by atoms with Crippen molar-refractivity contribution in [2.45, 2.75) is 25.2 Å². The van der Waals surface area contributed by atoms with Crippen LogP contribution in [0.2, 0.25) is 0 Å². The Bertz CT molecular complexity index is 709. The number of hydrogen-bond acceptors (Lipinski definition) is 3. The Hall–Kier alpha value is -1.89. The first-order chi connectivity index (χ1) is 9.36. The van der Waals surface area contributed by atoms with Crippen LogP contribution in [0.1, 0.15) is 36.6 Å². The van der Waals surface area contributed by atoms with Gasteiger partial charge in [-0.05, 0) is 49.0 Å². The molecule has 0 aliphatic heterocycles. The maximum Gasteiger partial charge on any atom is 0.162 e. The highest BCUT2D eigenvalue weighted by atomic mass is 15.3. The van der Waals surface area contributed by atoms with Crippen molar-refractivity contribution in [1.82, 2.24) is 14.6 Å². The van der Waals surface area contributed by atoms with E-state index in [1.807, 2.05) is 18.3 Å². The first-order valence-electron chi connectivity index (χ1n) is 7.11. The molecule has 94 valence electrons. The van der Waals surface area contributed by atoms with Crippen LogP contribution >= 0.6 is 0 Å². The Kier molecular flexibility index (Phi) is 1.66. The van der Waals surface area contributed by atoms with Gasteiger partial charge in [-0.25, -0.2) is 0 Å². The van der Waals surface area contributed by atoms with E-state index in [4.69, 9.17) is 5.26 Å². The standard InChI is InChI=1S/C15H14N4/c16-7-8-3-4-19-11(5-8)17-18-15(19)14-12-9-1-2-10(6-9)13(12)14/h3-5,9-10,12-14H,1-2,6H2. The molecule has 3 fully saturated rings. The summed E-state index contributed by atoms with van der Waals surface area (Å²) in [6.07, 6.45) is 6.27. The molecule has 2 bridgehead atoms. The third-order valence-corrected chi connectivity index (χ3v) is 5.60. The fourth-order valence-electron chi connectivity index (χ4n) is 4.88. The summed E-state index contributed by atoms with van der Waals surface area (Å²) in [5.41, 5.74) is 1.47. The molecule has 3 aliphatic carbocycles. The van der Waals surface area contributed by atoms with Crippen LogP contribution in [-0.4, -0.2) is 14.6 Å². The first-order valence-corrected chi connectivity index (χ1v) is 7.11. The molecule has 0 N–H and O–H groups in total. The normalized spacial score (nSPS) is 38.4. The zero-order valence-corrected chi connectivity index (χ0v) is 10.5. The quantitative estimate of drug-likeness (QED) is 0.780. The molecule has 0 radical (unpaired) electrons. The van der Waals surface area contributed by atoms with E-state index < -0.39 is 0 Å². The highest BCUT2D eigenvalue weighted by Gasteiger charge is 2.66. The fourth-order valence-corrected chi connectivity index (χ4v) is 4.88. The number of nitrogens with zero attached hydrogens (tertiary/aromatic N) is 4. The molecule has 19 heavy (non-hydrogen) atoms. The Balaban J connectivity index is 1.59. The molecule has 0 spiro atoms. The average Bonchev–Trinajstić information content (AvgIpc) is 2.84. The molecule has 0 saturated heterocycles. The molecule has 3 aliphatic rings. The predicted molar refractivity (Wildman–Crippen MR) is 68.3 cm³/mol. The van der Waals surface area contributed by atoms with Gasteiger partial charge in [0.1, 0.15) is 5.82 Å². The summed E-state index contributed by atoms with van der Waals surface area (Å²) in [5.74, 6) is 5.42. The second-order valence-electron chi connectivity index (χ2n) is 6.33. The molecule has 4 atom stereocenters. The van der Waals surface area contributed by atoms with Crippen LogP contribution in [0.25, 0.3) is 5.65 Å². The van der Waals surface area contributed by atoms with Gasteiger partial charge in [0.2, 0.25) is 0 Å². The van der Waals surface area contributed by atoms with E-state index in [0.29, 0.717) is 11.5 Å². The van der Waals surface area contributed by atoms with Gasteiger partial charge in [0.05, 0.1) is 11.6 Å². The lowest BCUT2D eigenvalue weighted by atomic mass is 10.0. The van der Waals surface area contributed by atoms with Gasteiger partial charge < -0.3 is 0 Å². The van der Waals surface area contributed by atoms with Crippen molar-refractivity contribution in [3.05, 3.63) is 29.7 Å². The molecule has 4 unspecified atom stereocenters. The van der Waals surface area contributed by atoms with Crippen LogP contribution in [0.4, 0.5) is 0 Å². The Labute approximate surface area is 111 Å². The van der Waals surface area contributed by atoms with Crippen molar-refractivity contribution in [1.29, 1.82) is 5.26 Å². The van der Waals surface area contributed by atoms with Crippen LogP contribution in [0.3, 0.4) is 0 Å². The first kappa shape index (κ1) is 9.96. The molecule has 3 saturated carbocycles. The zero-order valence-electron chi connectivity index (χ0n) is 10.5. The van der Waals surface area contributed by atoms with Gasteiger partial charge in [0, 0.05) is 18.2 Å². The van der Waals surface area contributed by atoms with E-state index in [1.54, 1.807) is 0 Å². The number of nitriles is 1. The molecule has 2 aromatic heterocycles. The average molecular weight is 250 g/mol. The van der Waals surface area contributed by atoms with Gasteiger partial charge >= 0.3 is 0 Å². The van der Waals surface area contributed by atoms with E-state index in [1.165, 1.54) is 19.3 Å². The fraction of sp³-hybridized carbons (Fsp3) is 0.533. The summed E-state index contributed by atoms with van der Waals surface area (Å²) >= 11 is 0. The minimum atomic E-state index is 0.634. The van der Waals surface area contributed by atoms with Crippen molar-refractivity contribution >= 4 is 5.65 Å². The summed E-state index contributed by atoms with van der Waals surface area (Å²) < 4.78 is 2.09. The van der Waals surface area contributed by atoms with Crippen molar-refractivity contribution in [3.8, 4) is 6.07 Å². The van der Waals surface area contributed by atoms with Crippen LogP contribution in [-0.2, 0) is 0 Å². The maximum absolute atomic E-state index is 8.93. The Morgan fingerprint density at radius 2 is 2.00 bits per heavy atom. The molecular formula is C15H14N4. The number of aromatic nitrogens is 3. The molecule has 4 nitrogen and oxygen atoms in total. The van der Waals surface area contributed by atoms with Crippen molar-refractivity contribution < 1.29 is 0 Å². The highest BCUT2D eigenvalue weighted by Crippen LogP contribution is 2.72. The van der Waals surface area contributed by atoms with Crippen LogP contribution in [0, 0.1) is 35.0 Å². The van der Waals surface area contributed by atoms with Gasteiger partial charge in [-0.15, -0.1) is 10.2 Å². The monoisotopic (exact) mass is 250 g/mol. The number of rotatable bonds is 1. The van der Waals surface area contributed by atoms with E-state index >= 15 is 0 Å². The molecule has 2 heterocycles. The van der Waals surface area contributed by atoms with Gasteiger partial charge in [-0.3, -0.25) is 4.40 Å². The van der Waals surface area contributed by atoms with Gasteiger partial charge in [-0.1, -0.05) is 0 Å². The number of hydrogen-bond donors (Lipinski definition) is 0. The summed E-state index contributed by atoms with van der Waals surface area (Å²) in [5, 5.41) is 17.6. The predicted octanol–water partition coefficient (Wildman–Crippen LogP) is 2.36.